The second-order valence-corrected chi connectivity index (χ2v) is 3.47. The van der Waals surface area contributed by atoms with E-state index in [9.17, 15) is 9.59 Å². The van der Waals surface area contributed by atoms with Crippen LogP contribution in [0, 0.1) is 0 Å². The molecule has 0 aromatic rings. The van der Waals surface area contributed by atoms with E-state index in [1.165, 1.54) is 7.11 Å². The van der Waals surface area contributed by atoms with Crippen molar-refractivity contribution in [2.24, 2.45) is 0 Å². The summed E-state index contributed by atoms with van der Waals surface area (Å²) >= 11 is 0. The van der Waals surface area contributed by atoms with Crippen LogP contribution in [0.5, 0.6) is 0 Å². The highest BCUT2D eigenvalue weighted by molar-refractivity contribution is 5.91. The first-order chi connectivity index (χ1) is 7.54. The van der Waals surface area contributed by atoms with Crippen molar-refractivity contribution in [3.05, 3.63) is 23.5 Å². The van der Waals surface area contributed by atoms with E-state index in [0.29, 0.717) is 11.3 Å². The van der Waals surface area contributed by atoms with E-state index in [-0.39, 0.29) is 11.9 Å². The number of allylic oxidation sites excluding steroid dienone is 2. The van der Waals surface area contributed by atoms with Gasteiger partial charge < -0.3 is 10.1 Å². The third-order valence-corrected chi connectivity index (χ3v) is 1.89. The molecular formula is C12H19NO3. The third kappa shape index (κ3) is 5.34. The summed E-state index contributed by atoms with van der Waals surface area (Å²) in [6, 6.07) is -0.201. The van der Waals surface area contributed by atoms with Crippen LogP contribution in [-0.2, 0) is 14.3 Å². The molecule has 1 N–H and O–H groups in total. The Hall–Kier alpha value is -1.58. The Labute approximate surface area is 96.4 Å². The third-order valence-electron chi connectivity index (χ3n) is 1.89. The molecule has 0 heterocycles. The van der Waals surface area contributed by atoms with E-state index >= 15 is 0 Å². The number of aldehydes is 1. The number of rotatable bonds is 6. The van der Waals surface area contributed by atoms with Gasteiger partial charge in [-0.15, -0.1) is 0 Å². The summed E-state index contributed by atoms with van der Waals surface area (Å²) in [4.78, 5) is 22.0. The van der Waals surface area contributed by atoms with Crippen molar-refractivity contribution in [3.8, 4) is 0 Å². The Morgan fingerprint density at radius 1 is 1.50 bits per heavy atom. The van der Waals surface area contributed by atoms with E-state index < -0.39 is 0 Å². The second-order valence-electron chi connectivity index (χ2n) is 3.47. The predicted octanol–water partition coefficient (Wildman–Crippen LogP) is 1.58. The fourth-order valence-corrected chi connectivity index (χ4v) is 1.21. The van der Waals surface area contributed by atoms with E-state index in [4.69, 9.17) is 4.74 Å². The fourth-order valence-electron chi connectivity index (χ4n) is 1.21. The van der Waals surface area contributed by atoms with E-state index in [0.717, 1.165) is 12.7 Å². The van der Waals surface area contributed by atoms with Gasteiger partial charge in [0.05, 0.1) is 7.11 Å². The van der Waals surface area contributed by atoms with Crippen LogP contribution in [0.25, 0.3) is 0 Å². The maximum atomic E-state index is 11.6. The molecule has 1 atom stereocenters. The normalized spacial score (nSPS) is 14.2. The molecule has 0 unspecified atom stereocenters. The number of carbonyl (C=O) groups is 2. The molecule has 0 fully saturated rings. The van der Waals surface area contributed by atoms with Crippen LogP contribution in [0.4, 0.5) is 0 Å². The first-order valence-electron chi connectivity index (χ1n) is 5.23. The molecule has 0 radical (unpaired) electrons. The average molecular weight is 225 g/mol. The lowest BCUT2D eigenvalue weighted by Gasteiger charge is -2.11. The summed E-state index contributed by atoms with van der Waals surface area (Å²) in [7, 11) is 1.46. The molecule has 0 spiro atoms. The summed E-state index contributed by atoms with van der Waals surface area (Å²) < 4.78 is 4.94. The smallest absolute Gasteiger partial charge is 0.286 e. The first-order valence-corrected chi connectivity index (χ1v) is 5.23. The topological polar surface area (TPSA) is 55.4 Å². The van der Waals surface area contributed by atoms with Crippen molar-refractivity contribution in [2.75, 3.05) is 7.11 Å². The SMILES string of the molecule is CC/C=C(\OC)C(=O)N[C@@H](C)/C=C(\C)C=O. The summed E-state index contributed by atoms with van der Waals surface area (Å²) in [6.07, 6.45) is 4.87. The van der Waals surface area contributed by atoms with Crippen molar-refractivity contribution in [1.82, 2.24) is 5.32 Å². The second kappa shape index (κ2) is 7.68. The lowest BCUT2D eigenvalue weighted by atomic mass is 10.2. The molecule has 0 aliphatic rings. The molecule has 0 rings (SSSR count). The highest BCUT2D eigenvalue weighted by Crippen LogP contribution is 2.00. The Morgan fingerprint density at radius 3 is 2.56 bits per heavy atom. The van der Waals surface area contributed by atoms with Crippen LogP contribution in [0.1, 0.15) is 27.2 Å². The number of methoxy groups -OCH3 is 1. The summed E-state index contributed by atoms with van der Waals surface area (Å²) in [5.41, 5.74) is 0.589. The van der Waals surface area contributed by atoms with Crippen LogP contribution in [0.3, 0.4) is 0 Å². The van der Waals surface area contributed by atoms with Gasteiger partial charge in [0.1, 0.15) is 6.29 Å². The van der Waals surface area contributed by atoms with Gasteiger partial charge >= 0.3 is 0 Å². The molecule has 0 bridgehead atoms. The standard InChI is InChI=1S/C12H19NO3/c1-5-6-11(16-4)12(15)13-10(3)7-9(2)8-14/h6-8,10H,5H2,1-4H3,(H,13,15)/b9-7+,11-6-/t10-/m0/s1. The van der Waals surface area contributed by atoms with Crippen LogP contribution >= 0.6 is 0 Å². The summed E-state index contributed by atoms with van der Waals surface area (Å²) in [5, 5.41) is 2.71. The Bertz CT molecular complexity index is 305. The van der Waals surface area contributed by atoms with Crippen LogP contribution < -0.4 is 5.32 Å². The summed E-state index contributed by atoms with van der Waals surface area (Å²) in [5.74, 6) is 0.0262. The number of amides is 1. The zero-order valence-electron chi connectivity index (χ0n) is 10.2. The van der Waals surface area contributed by atoms with Crippen molar-refractivity contribution in [1.29, 1.82) is 0 Å². The number of hydrogen-bond donors (Lipinski definition) is 1. The van der Waals surface area contributed by atoms with Crippen molar-refractivity contribution < 1.29 is 14.3 Å². The maximum absolute atomic E-state index is 11.6. The molecule has 16 heavy (non-hydrogen) atoms. The minimum Gasteiger partial charge on any atom is -0.491 e. The molecule has 4 heteroatoms. The monoisotopic (exact) mass is 225 g/mol. The molecular weight excluding hydrogens is 206 g/mol. The van der Waals surface area contributed by atoms with Gasteiger partial charge in [-0.1, -0.05) is 13.0 Å². The van der Waals surface area contributed by atoms with Crippen LogP contribution in [-0.4, -0.2) is 25.3 Å². The lowest BCUT2D eigenvalue weighted by Crippen LogP contribution is -2.33. The van der Waals surface area contributed by atoms with Crippen molar-refractivity contribution >= 4 is 12.2 Å². The average Bonchev–Trinajstić information content (AvgIpc) is 2.25. The largest absolute Gasteiger partial charge is 0.491 e. The molecule has 4 nitrogen and oxygen atoms in total. The molecule has 1 amide bonds. The summed E-state index contributed by atoms with van der Waals surface area (Å²) in [6.45, 7) is 5.41. The predicted molar refractivity (Wildman–Crippen MR) is 62.8 cm³/mol. The molecule has 90 valence electrons. The van der Waals surface area contributed by atoms with Gasteiger partial charge in [0.25, 0.3) is 5.91 Å². The fraction of sp³-hybridized carbons (Fsp3) is 0.500. The Kier molecular flexibility index (Phi) is 6.92. The number of carbonyl (C=O) groups excluding carboxylic acids is 2. The van der Waals surface area contributed by atoms with Gasteiger partial charge in [-0.25, -0.2) is 0 Å². The molecule has 0 aliphatic carbocycles. The first kappa shape index (κ1) is 14.4. The van der Waals surface area contributed by atoms with E-state index in [1.807, 2.05) is 6.92 Å². The van der Waals surface area contributed by atoms with Crippen molar-refractivity contribution in [2.45, 2.75) is 33.2 Å². The molecule has 0 saturated heterocycles. The molecule has 0 aromatic carbocycles. The molecule has 0 aliphatic heterocycles. The zero-order valence-corrected chi connectivity index (χ0v) is 10.2. The van der Waals surface area contributed by atoms with Gasteiger partial charge in [0.2, 0.25) is 0 Å². The Morgan fingerprint density at radius 2 is 2.12 bits per heavy atom. The Balaban J connectivity index is 4.44. The van der Waals surface area contributed by atoms with Gasteiger partial charge in [0.15, 0.2) is 5.76 Å². The zero-order chi connectivity index (χ0) is 12.6. The van der Waals surface area contributed by atoms with Gasteiger partial charge in [-0.3, -0.25) is 9.59 Å². The minimum absolute atomic E-state index is 0.201. The lowest BCUT2D eigenvalue weighted by molar-refractivity contribution is -0.120. The van der Waals surface area contributed by atoms with Gasteiger partial charge in [-0.05, 0) is 31.9 Å². The highest BCUT2D eigenvalue weighted by atomic mass is 16.5. The van der Waals surface area contributed by atoms with Crippen LogP contribution in [0.2, 0.25) is 0 Å². The molecule has 0 aromatic heterocycles. The van der Waals surface area contributed by atoms with E-state index in [2.05, 4.69) is 5.32 Å². The van der Waals surface area contributed by atoms with Crippen LogP contribution in [0.15, 0.2) is 23.5 Å². The maximum Gasteiger partial charge on any atom is 0.286 e. The highest BCUT2D eigenvalue weighted by Gasteiger charge is 2.10. The number of nitrogens with one attached hydrogen (secondary N) is 1. The number of ether oxygens (including phenoxy) is 1. The van der Waals surface area contributed by atoms with E-state index in [1.54, 1.807) is 26.0 Å². The van der Waals surface area contributed by atoms with Gasteiger partial charge in [0, 0.05) is 6.04 Å². The van der Waals surface area contributed by atoms with Crippen molar-refractivity contribution in [3.63, 3.8) is 0 Å². The quantitative estimate of drug-likeness (QED) is 0.424. The minimum atomic E-state index is -0.271. The molecule has 0 saturated carbocycles. The number of hydrogen-bond acceptors (Lipinski definition) is 3. The van der Waals surface area contributed by atoms with Gasteiger partial charge in [-0.2, -0.15) is 0 Å².